The Morgan fingerprint density at radius 1 is 1.22 bits per heavy atom. The first-order valence-corrected chi connectivity index (χ1v) is 9.79. The number of pyridine rings is 1. The number of furan rings is 1. The van der Waals surface area contributed by atoms with E-state index >= 15 is 0 Å². The monoisotopic (exact) mass is 469 g/mol. The SMILES string of the molecule is C=C1NC(=O)N(c2cc(Cl)c(Oc3ccc(=O)n(Cc4ccoc4)c3)c(Cl)c2)N=C1C#N. The van der Waals surface area contributed by atoms with E-state index in [1.807, 2.05) is 6.07 Å². The van der Waals surface area contributed by atoms with E-state index in [1.54, 1.807) is 12.3 Å². The highest BCUT2D eigenvalue weighted by molar-refractivity contribution is 6.37. The molecule has 0 saturated heterocycles. The van der Waals surface area contributed by atoms with Gasteiger partial charge in [0.2, 0.25) is 0 Å². The van der Waals surface area contributed by atoms with Crippen LogP contribution < -0.4 is 20.6 Å². The number of aromatic nitrogens is 1. The van der Waals surface area contributed by atoms with E-state index in [0.29, 0.717) is 12.3 Å². The van der Waals surface area contributed by atoms with Crippen LogP contribution in [0.15, 0.2) is 75.6 Å². The lowest BCUT2D eigenvalue weighted by Gasteiger charge is -2.24. The molecular weight excluding hydrogens is 457 g/mol. The molecule has 0 atom stereocenters. The zero-order chi connectivity index (χ0) is 22.8. The highest BCUT2D eigenvalue weighted by Crippen LogP contribution is 2.40. The molecule has 32 heavy (non-hydrogen) atoms. The van der Waals surface area contributed by atoms with Gasteiger partial charge in [-0.1, -0.05) is 29.8 Å². The number of nitrogens with one attached hydrogen (secondary N) is 1. The average molecular weight is 470 g/mol. The number of carbonyl (C=O) groups is 1. The van der Waals surface area contributed by atoms with Crippen LogP contribution in [-0.2, 0) is 6.54 Å². The average Bonchev–Trinajstić information content (AvgIpc) is 3.26. The van der Waals surface area contributed by atoms with Crippen molar-refractivity contribution < 1.29 is 13.9 Å². The summed E-state index contributed by atoms with van der Waals surface area (Å²) in [6.45, 7) is 3.86. The van der Waals surface area contributed by atoms with Crippen molar-refractivity contribution in [1.82, 2.24) is 9.88 Å². The molecule has 160 valence electrons. The topological polar surface area (TPSA) is 113 Å². The predicted octanol–water partition coefficient (Wildman–Crippen LogP) is 4.51. The highest BCUT2D eigenvalue weighted by atomic mass is 35.5. The molecule has 1 aromatic carbocycles. The Morgan fingerprint density at radius 3 is 2.62 bits per heavy atom. The first-order valence-electron chi connectivity index (χ1n) is 9.03. The van der Waals surface area contributed by atoms with Gasteiger partial charge in [0.1, 0.15) is 11.8 Å². The zero-order valence-corrected chi connectivity index (χ0v) is 17.7. The number of anilines is 1. The van der Waals surface area contributed by atoms with E-state index in [4.69, 9.17) is 37.6 Å². The van der Waals surface area contributed by atoms with Gasteiger partial charge in [0, 0.05) is 11.6 Å². The van der Waals surface area contributed by atoms with Gasteiger partial charge < -0.3 is 19.0 Å². The highest BCUT2D eigenvalue weighted by Gasteiger charge is 2.26. The summed E-state index contributed by atoms with van der Waals surface area (Å²) < 4.78 is 12.3. The Kier molecular flexibility index (Phi) is 5.73. The number of amides is 2. The van der Waals surface area contributed by atoms with Gasteiger partial charge in [-0.2, -0.15) is 15.4 Å². The summed E-state index contributed by atoms with van der Waals surface area (Å²) in [5.74, 6) is 0.443. The van der Waals surface area contributed by atoms with Crippen LogP contribution in [0.25, 0.3) is 0 Å². The van der Waals surface area contributed by atoms with E-state index in [0.717, 1.165) is 10.6 Å². The molecule has 3 heterocycles. The number of benzene rings is 1. The van der Waals surface area contributed by atoms with Crippen LogP contribution in [0.3, 0.4) is 0 Å². The van der Waals surface area contributed by atoms with Crippen molar-refractivity contribution in [3.63, 3.8) is 0 Å². The maximum Gasteiger partial charge on any atom is 0.347 e. The summed E-state index contributed by atoms with van der Waals surface area (Å²) in [6.07, 6.45) is 4.58. The van der Waals surface area contributed by atoms with Crippen LogP contribution in [-0.4, -0.2) is 16.3 Å². The molecular formula is C21H13Cl2N5O4. The maximum atomic E-state index is 12.2. The molecule has 11 heteroatoms. The van der Waals surface area contributed by atoms with Gasteiger partial charge in [-0.15, -0.1) is 0 Å². The second kappa shape index (κ2) is 8.63. The number of nitriles is 1. The lowest BCUT2D eigenvalue weighted by atomic mass is 10.2. The summed E-state index contributed by atoms with van der Waals surface area (Å²) in [4.78, 5) is 24.4. The Hall–Kier alpha value is -4.00. The minimum Gasteiger partial charge on any atom is -0.472 e. The molecule has 4 rings (SSSR count). The van der Waals surface area contributed by atoms with Crippen molar-refractivity contribution >= 4 is 40.6 Å². The molecule has 9 nitrogen and oxygen atoms in total. The first-order chi connectivity index (χ1) is 15.4. The summed E-state index contributed by atoms with van der Waals surface area (Å²) in [5.41, 5.74) is 0.836. The Labute approximate surface area is 191 Å². The molecule has 0 spiro atoms. The second-order valence-electron chi connectivity index (χ2n) is 6.58. The fourth-order valence-electron chi connectivity index (χ4n) is 2.87. The van der Waals surface area contributed by atoms with E-state index in [-0.39, 0.29) is 38.5 Å². The van der Waals surface area contributed by atoms with Gasteiger partial charge >= 0.3 is 6.03 Å². The summed E-state index contributed by atoms with van der Waals surface area (Å²) in [6, 6.07) is 8.64. The number of hydrazone groups is 1. The molecule has 1 aliphatic heterocycles. The fraction of sp³-hybridized carbons (Fsp3) is 0.0476. The number of nitrogens with zero attached hydrogens (tertiary/aromatic N) is 4. The molecule has 2 amide bonds. The van der Waals surface area contributed by atoms with Crippen LogP contribution >= 0.6 is 23.2 Å². The van der Waals surface area contributed by atoms with E-state index in [9.17, 15) is 9.59 Å². The minimum atomic E-state index is -0.624. The molecule has 0 fully saturated rings. The fourth-order valence-corrected chi connectivity index (χ4v) is 3.42. The number of ether oxygens (including phenoxy) is 1. The summed E-state index contributed by atoms with van der Waals surface area (Å²) >= 11 is 12.7. The predicted molar refractivity (Wildman–Crippen MR) is 118 cm³/mol. The van der Waals surface area contributed by atoms with Crippen molar-refractivity contribution in [3.8, 4) is 17.6 Å². The third-order valence-electron chi connectivity index (χ3n) is 4.38. The van der Waals surface area contributed by atoms with Crippen molar-refractivity contribution in [3.05, 3.63) is 87.3 Å². The van der Waals surface area contributed by atoms with Crippen LogP contribution in [0.1, 0.15) is 5.56 Å². The molecule has 2 aromatic heterocycles. The lowest BCUT2D eigenvalue weighted by molar-refractivity contribution is 0.248. The Balaban J connectivity index is 1.63. The molecule has 0 bridgehead atoms. The summed E-state index contributed by atoms with van der Waals surface area (Å²) in [5, 5.41) is 16.6. The molecule has 0 unspecified atom stereocenters. The molecule has 3 aromatic rings. The zero-order valence-electron chi connectivity index (χ0n) is 16.2. The Bertz CT molecular complexity index is 1330. The summed E-state index contributed by atoms with van der Waals surface area (Å²) in [7, 11) is 0. The van der Waals surface area contributed by atoms with Gasteiger partial charge in [-0.05, 0) is 24.3 Å². The van der Waals surface area contributed by atoms with Crippen molar-refractivity contribution in [1.29, 1.82) is 5.26 Å². The van der Waals surface area contributed by atoms with Crippen LogP contribution in [0, 0.1) is 11.3 Å². The number of urea groups is 1. The van der Waals surface area contributed by atoms with Crippen molar-refractivity contribution in [2.75, 3.05) is 5.01 Å². The number of hydrogen-bond acceptors (Lipinski definition) is 6. The smallest absolute Gasteiger partial charge is 0.347 e. The van der Waals surface area contributed by atoms with Crippen molar-refractivity contribution in [2.45, 2.75) is 6.54 Å². The first kappa shape index (κ1) is 21.2. The number of rotatable bonds is 5. The van der Waals surface area contributed by atoms with Crippen LogP contribution in [0.4, 0.5) is 10.5 Å². The molecule has 0 radical (unpaired) electrons. The van der Waals surface area contributed by atoms with Gasteiger partial charge in [0.25, 0.3) is 5.56 Å². The largest absolute Gasteiger partial charge is 0.472 e. The van der Waals surface area contributed by atoms with E-state index in [2.05, 4.69) is 17.0 Å². The van der Waals surface area contributed by atoms with Crippen LogP contribution in [0.2, 0.25) is 10.0 Å². The lowest BCUT2D eigenvalue weighted by Crippen LogP contribution is -2.42. The maximum absolute atomic E-state index is 12.2. The minimum absolute atomic E-state index is 0.0583. The normalized spacial score (nSPS) is 13.4. The Morgan fingerprint density at radius 2 is 1.97 bits per heavy atom. The molecule has 1 N–H and O–H groups in total. The molecule has 1 aliphatic rings. The van der Waals surface area contributed by atoms with Gasteiger partial charge in [0.15, 0.2) is 11.5 Å². The van der Waals surface area contributed by atoms with E-state index in [1.165, 1.54) is 41.3 Å². The molecule has 0 saturated carbocycles. The van der Waals surface area contributed by atoms with E-state index < -0.39 is 6.03 Å². The van der Waals surface area contributed by atoms with Gasteiger partial charge in [-0.25, -0.2) is 4.79 Å². The third kappa shape index (κ3) is 4.23. The quantitative estimate of drug-likeness (QED) is 0.590. The van der Waals surface area contributed by atoms with Gasteiger partial charge in [-0.3, -0.25) is 4.79 Å². The third-order valence-corrected chi connectivity index (χ3v) is 4.94. The second-order valence-corrected chi connectivity index (χ2v) is 7.40. The number of halogens is 2. The number of allylic oxidation sites excluding steroid dienone is 1. The van der Waals surface area contributed by atoms with Crippen LogP contribution in [0.5, 0.6) is 11.5 Å². The standard InChI is InChI=1S/C21H13Cl2N5O4/c1-12-18(8-24)26-28(21(30)25-12)14-6-16(22)20(17(23)7-14)32-15-2-3-19(29)27(10-15)9-13-4-5-31-11-13/h2-7,10-11H,1,9H2,(H,25,30). The molecule has 0 aliphatic carbocycles. The number of carbonyl (C=O) groups excluding carboxylic acids is 1. The number of hydrogen-bond donors (Lipinski definition) is 1. The van der Waals surface area contributed by atoms with Gasteiger partial charge in [0.05, 0.1) is 46.7 Å². The van der Waals surface area contributed by atoms with Crippen molar-refractivity contribution in [2.24, 2.45) is 5.10 Å².